The summed E-state index contributed by atoms with van der Waals surface area (Å²) in [6, 6.07) is 7.17. The molecule has 0 amide bonds. The van der Waals surface area contributed by atoms with Crippen LogP contribution in [0.1, 0.15) is 17.2 Å². The van der Waals surface area contributed by atoms with Crippen molar-refractivity contribution in [1.82, 2.24) is 5.32 Å². The zero-order valence-corrected chi connectivity index (χ0v) is 11.3. The zero-order chi connectivity index (χ0) is 9.26. The first kappa shape index (κ1) is 12.4. The Morgan fingerprint density at radius 1 is 1.43 bits per heavy atom. The monoisotopic (exact) mass is 216 g/mol. The van der Waals surface area contributed by atoms with Crippen molar-refractivity contribution in [2.75, 3.05) is 6.54 Å². The molecular formula is C10H11KNO2. The van der Waals surface area contributed by atoms with Crippen molar-refractivity contribution >= 4 is 57.4 Å². The van der Waals surface area contributed by atoms with Gasteiger partial charge >= 0.3 is 5.97 Å². The predicted octanol–water partition coefficient (Wildman–Crippen LogP) is 0.577. The summed E-state index contributed by atoms with van der Waals surface area (Å²) in [6.07, 6.45) is 0.917. The van der Waals surface area contributed by atoms with Crippen LogP contribution in [-0.2, 0) is 11.2 Å². The molecule has 0 spiro atoms. The number of fused-ring (bicyclic) bond motifs is 1. The summed E-state index contributed by atoms with van der Waals surface area (Å²) in [5.74, 6) is -0.799. The molecule has 1 radical (unpaired) electrons. The van der Waals surface area contributed by atoms with Crippen LogP contribution in [-0.4, -0.2) is 69.0 Å². The average Bonchev–Trinajstić information content (AvgIpc) is 2.17. The summed E-state index contributed by atoms with van der Waals surface area (Å²) in [5, 5.41) is 11.9. The molecule has 0 saturated carbocycles. The average molecular weight is 216 g/mol. The van der Waals surface area contributed by atoms with Crippen molar-refractivity contribution < 1.29 is 9.90 Å². The topological polar surface area (TPSA) is 49.3 Å². The molecule has 1 heterocycles. The molecule has 1 aliphatic heterocycles. The van der Waals surface area contributed by atoms with Crippen LogP contribution in [0.2, 0.25) is 0 Å². The summed E-state index contributed by atoms with van der Waals surface area (Å²) in [7, 11) is 0. The normalized spacial score (nSPS) is 19.3. The smallest absolute Gasteiger partial charge is 0.325 e. The minimum absolute atomic E-state index is 0. The van der Waals surface area contributed by atoms with E-state index in [1.807, 2.05) is 24.3 Å². The van der Waals surface area contributed by atoms with Crippen LogP contribution in [0.15, 0.2) is 24.3 Å². The first-order valence-corrected chi connectivity index (χ1v) is 4.33. The van der Waals surface area contributed by atoms with Gasteiger partial charge < -0.3 is 10.4 Å². The molecular weight excluding hydrogens is 205 g/mol. The van der Waals surface area contributed by atoms with Crippen molar-refractivity contribution in [3.05, 3.63) is 35.4 Å². The molecule has 3 nitrogen and oxygen atoms in total. The molecule has 1 aliphatic rings. The molecule has 0 aliphatic carbocycles. The van der Waals surface area contributed by atoms with Crippen LogP contribution in [0.25, 0.3) is 0 Å². The van der Waals surface area contributed by atoms with E-state index in [1.54, 1.807) is 0 Å². The van der Waals surface area contributed by atoms with E-state index >= 15 is 0 Å². The van der Waals surface area contributed by atoms with E-state index in [-0.39, 0.29) is 51.4 Å². The number of hydrogen-bond donors (Lipinski definition) is 2. The van der Waals surface area contributed by atoms with Crippen molar-refractivity contribution in [3.63, 3.8) is 0 Å². The van der Waals surface area contributed by atoms with Gasteiger partial charge in [0.25, 0.3) is 0 Å². The first-order chi connectivity index (χ1) is 6.29. The van der Waals surface area contributed by atoms with Crippen LogP contribution in [0.3, 0.4) is 0 Å². The Morgan fingerprint density at radius 2 is 2.14 bits per heavy atom. The Kier molecular flexibility index (Phi) is 4.76. The van der Waals surface area contributed by atoms with Crippen LogP contribution >= 0.6 is 0 Å². The van der Waals surface area contributed by atoms with Gasteiger partial charge in [-0.25, -0.2) is 0 Å². The number of carboxylic acids is 1. The quantitative estimate of drug-likeness (QED) is 0.675. The Labute approximate surface area is 125 Å². The third-order valence-corrected chi connectivity index (χ3v) is 2.36. The fourth-order valence-corrected chi connectivity index (χ4v) is 1.72. The van der Waals surface area contributed by atoms with Gasteiger partial charge in [0.05, 0.1) is 0 Å². The van der Waals surface area contributed by atoms with Gasteiger partial charge in [-0.05, 0) is 17.5 Å². The third kappa shape index (κ3) is 2.45. The number of aliphatic carboxylic acids is 1. The van der Waals surface area contributed by atoms with Crippen LogP contribution < -0.4 is 5.32 Å². The zero-order valence-electron chi connectivity index (χ0n) is 8.16. The Hall–Kier alpha value is 0.286. The molecule has 2 N–H and O–H groups in total. The minimum atomic E-state index is -0.799. The standard InChI is InChI=1S/C10H11NO2.K/c12-10(13)9-8-4-2-1-3-7(8)5-6-11-9;/h1-4,9,11H,5-6H2,(H,12,13);/t9-;/m1./s1. The van der Waals surface area contributed by atoms with Gasteiger partial charge in [0, 0.05) is 57.9 Å². The number of rotatable bonds is 1. The SMILES string of the molecule is O=C(O)[C@@H]1NCCc2ccccc21.[K]. The van der Waals surface area contributed by atoms with Crippen LogP contribution in [0.5, 0.6) is 0 Å². The molecule has 14 heavy (non-hydrogen) atoms. The fraction of sp³-hybridized carbons (Fsp3) is 0.300. The second-order valence-electron chi connectivity index (χ2n) is 3.17. The Morgan fingerprint density at radius 3 is 2.86 bits per heavy atom. The number of carboxylic acid groups (broad SMARTS) is 1. The molecule has 0 bridgehead atoms. The number of benzene rings is 1. The third-order valence-electron chi connectivity index (χ3n) is 2.36. The van der Waals surface area contributed by atoms with Gasteiger partial charge in [-0.3, -0.25) is 4.79 Å². The van der Waals surface area contributed by atoms with Gasteiger partial charge in [0.1, 0.15) is 6.04 Å². The van der Waals surface area contributed by atoms with E-state index in [1.165, 1.54) is 0 Å². The van der Waals surface area contributed by atoms with E-state index in [4.69, 9.17) is 5.11 Å². The summed E-state index contributed by atoms with van der Waals surface area (Å²) in [6.45, 7) is 0.744. The van der Waals surface area contributed by atoms with Crippen molar-refractivity contribution in [3.8, 4) is 0 Å². The molecule has 0 fully saturated rings. The van der Waals surface area contributed by atoms with Gasteiger partial charge in [0.2, 0.25) is 0 Å². The maximum Gasteiger partial charge on any atom is 0.325 e. The van der Waals surface area contributed by atoms with Crippen molar-refractivity contribution in [2.45, 2.75) is 12.5 Å². The van der Waals surface area contributed by atoms with E-state index in [0.29, 0.717) is 0 Å². The summed E-state index contributed by atoms with van der Waals surface area (Å²) >= 11 is 0. The molecule has 0 saturated heterocycles. The molecule has 4 heteroatoms. The van der Waals surface area contributed by atoms with E-state index in [0.717, 1.165) is 24.1 Å². The molecule has 69 valence electrons. The van der Waals surface area contributed by atoms with Crippen molar-refractivity contribution in [1.29, 1.82) is 0 Å². The largest absolute Gasteiger partial charge is 0.480 e. The summed E-state index contributed by atoms with van der Waals surface area (Å²) < 4.78 is 0. The number of carbonyl (C=O) groups is 1. The maximum atomic E-state index is 10.9. The summed E-state index contributed by atoms with van der Waals surface area (Å²) in [4.78, 5) is 10.9. The number of hydrogen-bond acceptors (Lipinski definition) is 2. The number of nitrogens with one attached hydrogen (secondary N) is 1. The molecule has 1 aromatic rings. The molecule has 2 rings (SSSR count). The van der Waals surface area contributed by atoms with E-state index in [2.05, 4.69) is 5.32 Å². The fourth-order valence-electron chi connectivity index (χ4n) is 1.72. The second kappa shape index (κ2) is 5.39. The molecule has 0 aromatic heterocycles. The maximum absolute atomic E-state index is 10.9. The minimum Gasteiger partial charge on any atom is -0.480 e. The summed E-state index contributed by atoms with van der Waals surface area (Å²) in [5.41, 5.74) is 2.05. The van der Waals surface area contributed by atoms with Gasteiger partial charge in [-0.1, -0.05) is 24.3 Å². The Bertz CT molecular complexity index is 341. The molecule has 1 atom stereocenters. The predicted molar refractivity (Wildman–Crippen MR) is 54.3 cm³/mol. The van der Waals surface area contributed by atoms with Gasteiger partial charge in [0.15, 0.2) is 0 Å². The van der Waals surface area contributed by atoms with E-state index in [9.17, 15) is 4.79 Å². The Balaban J connectivity index is 0.000000980. The van der Waals surface area contributed by atoms with Crippen LogP contribution in [0, 0.1) is 0 Å². The van der Waals surface area contributed by atoms with E-state index < -0.39 is 12.0 Å². The molecule has 0 unspecified atom stereocenters. The van der Waals surface area contributed by atoms with Gasteiger partial charge in [-0.2, -0.15) is 0 Å². The first-order valence-electron chi connectivity index (χ1n) is 4.33. The van der Waals surface area contributed by atoms with Crippen LogP contribution in [0.4, 0.5) is 0 Å². The molecule has 1 aromatic carbocycles. The van der Waals surface area contributed by atoms with Gasteiger partial charge in [-0.15, -0.1) is 0 Å². The second-order valence-corrected chi connectivity index (χ2v) is 3.17. The van der Waals surface area contributed by atoms with Crippen molar-refractivity contribution in [2.24, 2.45) is 0 Å².